The molecule has 24 heavy (non-hydrogen) atoms. The molecule has 1 saturated heterocycles. The molecule has 3 rings (SSSR count). The first kappa shape index (κ1) is 17.2. The van der Waals surface area contributed by atoms with Crippen molar-refractivity contribution in [2.45, 2.75) is 38.9 Å². The Morgan fingerprint density at radius 1 is 1.21 bits per heavy atom. The fourth-order valence-corrected chi connectivity index (χ4v) is 3.97. The summed E-state index contributed by atoms with van der Waals surface area (Å²) in [4.78, 5) is 14.5. The topological polar surface area (TPSA) is 61.8 Å². The second-order valence-corrected chi connectivity index (χ2v) is 6.85. The number of nitrogens with one attached hydrogen (secondary N) is 1. The zero-order valence-electron chi connectivity index (χ0n) is 14.6. The van der Waals surface area contributed by atoms with Crippen LogP contribution < -0.4 is 10.1 Å². The zero-order chi connectivity index (χ0) is 17.1. The number of rotatable bonds is 5. The zero-order valence-corrected chi connectivity index (χ0v) is 14.6. The van der Waals surface area contributed by atoms with Gasteiger partial charge in [0, 0.05) is 13.1 Å². The van der Waals surface area contributed by atoms with Gasteiger partial charge in [0.2, 0.25) is 0 Å². The third-order valence-corrected chi connectivity index (χ3v) is 5.43. The van der Waals surface area contributed by atoms with Crippen molar-refractivity contribution in [2.75, 3.05) is 26.2 Å². The lowest BCUT2D eigenvalue weighted by atomic mass is 9.78. The molecule has 0 aromatic heterocycles. The van der Waals surface area contributed by atoms with E-state index in [0.717, 1.165) is 25.9 Å². The Kier molecular flexibility index (Phi) is 5.41. The summed E-state index contributed by atoms with van der Waals surface area (Å²) < 4.78 is 6.14. The maximum atomic E-state index is 12.7. The van der Waals surface area contributed by atoms with Crippen molar-refractivity contribution >= 4 is 5.91 Å². The number of nitrogens with zero attached hydrogens (tertiary/aromatic N) is 1. The van der Waals surface area contributed by atoms with Crippen molar-refractivity contribution in [3.8, 4) is 5.75 Å². The Balaban J connectivity index is 1.76. The first-order valence-electron chi connectivity index (χ1n) is 9.07. The van der Waals surface area contributed by atoms with Crippen LogP contribution in [0, 0.1) is 11.8 Å². The molecular weight excluding hydrogens is 304 g/mol. The molecule has 0 spiro atoms. The fourth-order valence-electron chi connectivity index (χ4n) is 3.97. The van der Waals surface area contributed by atoms with Crippen LogP contribution in [-0.2, 0) is 0 Å². The predicted octanol–water partition coefficient (Wildman–Crippen LogP) is 1.91. The highest BCUT2D eigenvalue weighted by Crippen LogP contribution is 2.35. The highest BCUT2D eigenvalue weighted by Gasteiger charge is 2.40. The van der Waals surface area contributed by atoms with Crippen LogP contribution in [0.15, 0.2) is 24.3 Å². The van der Waals surface area contributed by atoms with Gasteiger partial charge < -0.3 is 20.1 Å². The molecule has 0 unspecified atom stereocenters. The van der Waals surface area contributed by atoms with Gasteiger partial charge in [-0.2, -0.15) is 0 Å². The number of hydrogen-bond donors (Lipinski definition) is 2. The Hall–Kier alpha value is -1.59. The van der Waals surface area contributed by atoms with Crippen molar-refractivity contribution in [3.63, 3.8) is 0 Å². The summed E-state index contributed by atoms with van der Waals surface area (Å²) in [5, 5.41) is 13.9. The number of ether oxygens (including phenoxy) is 1. The summed E-state index contributed by atoms with van der Waals surface area (Å²) in [6.45, 7) is 7.28. The monoisotopic (exact) mass is 332 g/mol. The van der Waals surface area contributed by atoms with E-state index >= 15 is 0 Å². The van der Waals surface area contributed by atoms with Gasteiger partial charge in [0.05, 0.1) is 11.7 Å². The lowest BCUT2D eigenvalue weighted by molar-refractivity contribution is -0.0235. The second-order valence-electron chi connectivity index (χ2n) is 6.85. The Morgan fingerprint density at radius 3 is 2.58 bits per heavy atom. The number of para-hydroxylation sites is 1. The summed E-state index contributed by atoms with van der Waals surface area (Å²) in [5.74, 6) is 1.68. The average molecular weight is 332 g/mol. The third kappa shape index (κ3) is 3.42. The van der Waals surface area contributed by atoms with Crippen LogP contribution in [0.2, 0.25) is 0 Å². The molecule has 1 heterocycles. The minimum atomic E-state index is -0.470. The first-order valence-corrected chi connectivity index (χ1v) is 9.07. The molecule has 132 valence electrons. The van der Waals surface area contributed by atoms with Crippen LogP contribution in [-0.4, -0.2) is 54.3 Å². The van der Waals surface area contributed by atoms with E-state index in [9.17, 15) is 9.90 Å². The average Bonchev–Trinajstić information content (AvgIpc) is 3.03. The Morgan fingerprint density at radius 2 is 1.88 bits per heavy atom. The lowest BCUT2D eigenvalue weighted by Crippen LogP contribution is -2.42. The van der Waals surface area contributed by atoms with Gasteiger partial charge in [-0.05, 0) is 63.7 Å². The van der Waals surface area contributed by atoms with Crippen molar-refractivity contribution in [2.24, 2.45) is 11.8 Å². The molecule has 5 nitrogen and oxygen atoms in total. The molecule has 2 fully saturated rings. The highest BCUT2D eigenvalue weighted by atomic mass is 16.5. The van der Waals surface area contributed by atoms with Crippen molar-refractivity contribution in [1.82, 2.24) is 10.2 Å². The van der Waals surface area contributed by atoms with Gasteiger partial charge in [-0.1, -0.05) is 12.1 Å². The molecule has 4 atom stereocenters. The Labute approximate surface area is 144 Å². The molecule has 2 aliphatic rings. The lowest BCUT2D eigenvalue weighted by Gasteiger charge is -2.35. The van der Waals surface area contributed by atoms with Gasteiger partial charge in [0.25, 0.3) is 5.91 Å². The number of aliphatic hydroxyl groups is 1. The molecule has 1 aromatic carbocycles. The molecule has 1 aliphatic carbocycles. The number of amides is 1. The maximum Gasteiger partial charge on any atom is 0.257 e. The van der Waals surface area contributed by atoms with Gasteiger partial charge in [-0.25, -0.2) is 0 Å². The number of hydrogen-bond acceptors (Lipinski definition) is 4. The number of carbonyl (C=O) groups is 1. The van der Waals surface area contributed by atoms with Crippen LogP contribution in [0.3, 0.4) is 0 Å². The normalized spacial score (nSPS) is 29.1. The highest BCUT2D eigenvalue weighted by molar-refractivity contribution is 5.96. The molecule has 2 N–H and O–H groups in total. The van der Waals surface area contributed by atoms with Gasteiger partial charge in [0.15, 0.2) is 0 Å². The molecule has 5 heteroatoms. The van der Waals surface area contributed by atoms with E-state index in [1.165, 1.54) is 0 Å². The van der Waals surface area contributed by atoms with E-state index in [1.807, 2.05) is 38.1 Å². The number of fused-ring (bicyclic) bond motifs is 1. The second kappa shape index (κ2) is 7.53. The number of aliphatic hydroxyl groups excluding tert-OH is 1. The Bertz CT molecular complexity index is 573. The smallest absolute Gasteiger partial charge is 0.257 e. The maximum absolute atomic E-state index is 12.7. The van der Waals surface area contributed by atoms with E-state index < -0.39 is 6.10 Å². The summed E-state index contributed by atoms with van der Waals surface area (Å²) in [5.41, 5.74) is 0.583. The molecular formula is C19H28N2O3. The van der Waals surface area contributed by atoms with Crippen LogP contribution in [0.4, 0.5) is 0 Å². The van der Waals surface area contributed by atoms with E-state index in [0.29, 0.717) is 36.2 Å². The van der Waals surface area contributed by atoms with Gasteiger partial charge in [-0.15, -0.1) is 0 Å². The van der Waals surface area contributed by atoms with Crippen LogP contribution in [0.5, 0.6) is 5.75 Å². The van der Waals surface area contributed by atoms with Crippen LogP contribution >= 0.6 is 0 Å². The van der Waals surface area contributed by atoms with Gasteiger partial charge in [0.1, 0.15) is 11.9 Å². The molecule has 1 aromatic rings. The van der Waals surface area contributed by atoms with Crippen LogP contribution in [0.25, 0.3) is 0 Å². The van der Waals surface area contributed by atoms with Crippen molar-refractivity contribution in [3.05, 3.63) is 29.8 Å². The predicted molar refractivity (Wildman–Crippen MR) is 93.2 cm³/mol. The fraction of sp³-hybridized carbons (Fsp3) is 0.632. The summed E-state index contributed by atoms with van der Waals surface area (Å²) >= 11 is 0. The molecule has 1 saturated carbocycles. The molecule has 1 amide bonds. The molecule has 0 bridgehead atoms. The van der Waals surface area contributed by atoms with E-state index in [2.05, 4.69) is 5.32 Å². The summed E-state index contributed by atoms with van der Waals surface area (Å²) in [6.07, 6.45) is 0.903. The largest absolute Gasteiger partial charge is 0.487 e. The SMILES string of the molecule is CCN(CC)C(=O)c1ccccc1O[C@@H]1C[C@@H]2CNC[C@@H]2C[C@H]1O. The summed E-state index contributed by atoms with van der Waals surface area (Å²) in [7, 11) is 0. The standard InChI is InChI=1S/C19H28N2O3/c1-3-21(4-2)19(23)15-7-5-6-8-17(15)24-18-10-14-12-20-11-13(14)9-16(18)22/h5-8,13-14,16,18,20,22H,3-4,9-12H2,1-2H3/t13-,14+,16+,18+/m0/s1. The minimum Gasteiger partial charge on any atom is -0.487 e. The first-order chi connectivity index (χ1) is 11.6. The quantitative estimate of drug-likeness (QED) is 0.865. The van der Waals surface area contributed by atoms with Gasteiger partial charge >= 0.3 is 0 Å². The van der Waals surface area contributed by atoms with Gasteiger partial charge in [-0.3, -0.25) is 4.79 Å². The van der Waals surface area contributed by atoms with Crippen molar-refractivity contribution in [1.29, 1.82) is 0 Å². The number of carbonyl (C=O) groups excluding carboxylic acids is 1. The van der Waals surface area contributed by atoms with Crippen molar-refractivity contribution < 1.29 is 14.6 Å². The summed E-state index contributed by atoms with van der Waals surface area (Å²) in [6, 6.07) is 7.38. The van der Waals surface area contributed by atoms with Crippen LogP contribution in [0.1, 0.15) is 37.0 Å². The van der Waals surface area contributed by atoms with E-state index in [4.69, 9.17) is 4.74 Å². The minimum absolute atomic E-state index is 0.0127. The van der Waals surface area contributed by atoms with E-state index in [-0.39, 0.29) is 12.0 Å². The number of benzene rings is 1. The molecule has 0 radical (unpaired) electrons. The molecule has 1 aliphatic heterocycles. The third-order valence-electron chi connectivity index (χ3n) is 5.43. The van der Waals surface area contributed by atoms with E-state index in [1.54, 1.807) is 4.90 Å².